The van der Waals surface area contributed by atoms with Crippen molar-refractivity contribution >= 4 is 30.5 Å². The lowest BCUT2D eigenvalue weighted by molar-refractivity contribution is 0.628. The van der Waals surface area contributed by atoms with Crippen LogP contribution in [0.15, 0.2) is 35.1 Å². The van der Waals surface area contributed by atoms with E-state index in [1.807, 2.05) is 0 Å². The van der Waals surface area contributed by atoms with E-state index in [0.717, 1.165) is 17.0 Å². The largest absolute Gasteiger partial charge is 0.307 e. The first-order valence-electron chi connectivity index (χ1n) is 6.32. The molecule has 116 valence electrons. The van der Waals surface area contributed by atoms with Gasteiger partial charge in [-0.15, -0.1) is 24.8 Å². The normalized spacial score (nSPS) is 12.6. The van der Waals surface area contributed by atoms with E-state index in [1.165, 1.54) is 16.6 Å². The van der Waals surface area contributed by atoms with E-state index in [9.17, 15) is 9.18 Å². The molecule has 3 aromatic rings. The molecule has 0 saturated heterocycles. The number of rotatable bonds is 1. The average Bonchev–Trinajstić information content (AvgIpc) is 3.06. The number of halogens is 3. The van der Waals surface area contributed by atoms with Crippen LogP contribution in [0, 0.1) is 5.82 Å². The van der Waals surface area contributed by atoms with E-state index in [0.29, 0.717) is 24.3 Å². The summed E-state index contributed by atoms with van der Waals surface area (Å²) in [6.45, 7) is 1.17. The fraction of sp³-hybridized carbons (Fsp3) is 0.143. The monoisotopic (exact) mass is 342 g/mol. The second-order valence-corrected chi connectivity index (χ2v) is 4.82. The lowest BCUT2D eigenvalue weighted by Gasteiger charge is -1.98. The molecule has 5 nitrogen and oxygen atoms in total. The Bertz CT molecular complexity index is 873. The summed E-state index contributed by atoms with van der Waals surface area (Å²) in [5, 5.41) is 6.14. The van der Waals surface area contributed by atoms with Crippen molar-refractivity contribution in [1.29, 1.82) is 0 Å². The number of nitrogens with one attached hydrogen (secondary N) is 2. The van der Waals surface area contributed by atoms with Crippen molar-refractivity contribution in [1.82, 2.24) is 19.9 Å². The van der Waals surface area contributed by atoms with E-state index in [2.05, 4.69) is 15.4 Å². The molecule has 0 saturated carbocycles. The third-order valence-electron chi connectivity index (χ3n) is 3.54. The Hall–Kier alpha value is -1.89. The van der Waals surface area contributed by atoms with Gasteiger partial charge < -0.3 is 5.32 Å². The molecule has 0 spiro atoms. The van der Waals surface area contributed by atoms with Crippen molar-refractivity contribution in [2.45, 2.75) is 13.1 Å². The molecule has 4 rings (SSSR count). The predicted molar refractivity (Wildman–Crippen MR) is 86.2 cm³/mol. The minimum absolute atomic E-state index is 0. The standard InChI is InChI=1S/C14H11FN4O.2ClH/c15-9-3-1-8(2-4-9)11-5-13-17-12-7-16-6-10(12)14(20)19(13)18-11;;/h1-5,16,18H,6-7H2;2*1H. The van der Waals surface area contributed by atoms with Gasteiger partial charge in [-0.05, 0) is 29.8 Å². The number of H-pyrrole nitrogens is 1. The first-order valence-corrected chi connectivity index (χ1v) is 6.32. The van der Waals surface area contributed by atoms with Crippen molar-refractivity contribution in [2.24, 2.45) is 0 Å². The highest BCUT2D eigenvalue weighted by atomic mass is 35.5. The van der Waals surface area contributed by atoms with Gasteiger partial charge in [0.25, 0.3) is 5.56 Å². The molecule has 0 aliphatic carbocycles. The Labute approximate surface area is 137 Å². The quantitative estimate of drug-likeness (QED) is 0.713. The van der Waals surface area contributed by atoms with Gasteiger partial charge in [0.05, 0.1) is 17.0 Å². The highest BCUT2D eigenvalue weighted by molar-refractivity contribution is 5.85. The number of aromatic nitrogens is 3. The van der Waals surface area contributed by atoms with E-state index in [4.69, 9.17) is 0 Å². The fourth-order valence-electron chi connectivity index (χ4n) is 2.51. The highest BCUT2D eigenvalue weighted by Gasteiger charge is 2.18. The molecule has 8 heteroatoms. The summed E-state index contributed by atoms with van der Waals surface area (Å²) in [4.78, 5) is 16.8. The molecular weight excluding hydrogens is 330 g/mol. The zero-order chi connectivity index (χ0) is 13.7. The van der Waals surface area contributed by atoms with Crippen molar-refractivity contribution in [2.75, 3.05) is 0 Å². The SMILES string of the molecule is Cl.Cl.O=c1c2c(nc3cc(-c4ccc(F)cc4)[nH]n13)CNC2. The maximum absolute atomic E-state index is 12.9. The van der Waals surface area contributed by atoms with Gasteiger partial charge in [0.15, 0.2) is 5.65 Å². The zero-order valence-corrected chi connectivity index (χ0v) is 12.9. The molecule has 3 heterocycles. The van der Waals surface area contributed by atoms with Crippen LogP contribution in [0.3, 0.4) is 0 Å². The Kier molecular flexibility index (Phi) is 4.55. The molecule has 1 aliphatic rings. The molecule has 0 bridgehead atoms. The van der Waals surface area contributed by atoms with Crippen LogP contribution in [0.25, 0.3) is 16.9 Å². The van der Waals surface area contributed by atoms with Crippen LogP contribution in [-0.4, -0.2) is 14.6 Å². The maximum atomic E-state index is 12.9. The van der Waals surface area contributed by atoms with E-state index < -0.39 is 0 Å². The van der Waals surface area contributed by atoms with Gasteiger partial charge in [-0.1, -0.05) is 0 Å². The molecule has 0 unspecified atom stereocenters. The van der Waals surface area contributed by atoms with Gasteiger partial charge in [-0.25, -0.2) is 13.9 Å². The van der Waals surface area contributed by atoms with E-state index in [1.54, 1.807) is 18.2 Å². The molecule has 2 N–H and O–H groups in total. The molecule has 1 aliphatic heterocycles. The van der Waals surface area contributed by atoms with Crippen LogP contribution >= 0.6 is 24.8 Å². The predicted octanol–water partition coefficient (Wildman–Crippen LogP) is 2.28. The summed E-state index contributed by atoms with van der Waals surface area (Å²) in [6.07, 6.45) is 0. The first kappa shape index (κ1) is 16.5. The Morgan fingerprint density at radius 1 is 1.14 bits per heavy atom. The average molecular weight is 343 g/mol. The summed E-state index contributed by atoms with van der Waals surface area (Å²) >= 11 is 0. The first-order chi connectivity index (χ1) is 9.72. The fourth-order valence-corrected chi connectivity index (χ4v) is 2.51. The van der Waals surface area contributed by atoms with Crippen molar-refractivity contribution in [3.05, 3.63) is 57.8 Å². The number of benzene rings is 1. The summed E-state index contributed by atoms with van der Waals surface area (Å²) < 4.78 is 14.4. The molecule has 0 amide bonds. The number of aromatic amines is 1. The topological polar surface area (TPSA) is 62.2 Å². The van der Waals surface area contributed by atoms with E-state index >= 15 is 0 Å². The summed E-state index contributed by atoms with van der Waals surface area (Å²) in [5.74, 6) is -0.287. The van der Waals surface area contributed by atoms with Gasteiger partial charge in [0.1, 0.15) is 5.82 Å². The third kappa shape index (κ3) is 2.49. The second-order valence-electron chi connectivity index (χ2n) is 4.82. The van der Waals surface area contributed by atoms with Gasteiger partial charge in [0.2, 0.25) is 0 Å². The second kappa shape index (κ2) is 6.08. The molecule has 0 radical (unpaired) electrons. The highest BCUT2D eigenvalue weighted by Crippen LogP contribution is 2.19. The number of hydrogen-bond acceptors (Lipinski definition) is 3. The maximum Gasteiger partial charge on any atom is 0.277 e. The Morgan fingerprint density at radius 2 is 1.86 bits per heavy atom. The minimum Gasteiger partial charge on any atom is -0.307 e. The van der Waals surface area contributed by atoms with Crippen LogP contribution in [0.4, 0.5) is 4.39 Å². The Morgan fingerprint density at radius 3 is 2.59 bits per heavy atom. The van der Waals surface area contributed by atoms with Gasteiger partial charge in [0, 0.05) is 19.2 Å². The molecule has 0 fully saturated rings. The summed E-state index contributed by atoms with van der Waals surface area (Å²) in [5.41, 5.74) is 3.57. The van der Waals surface area contributed by atoms with Crippen LogP contribution in [0.2, 0.25) is 0 Å². The minimum atomic E-state index is -0.287. The number of hydrogen-bond donors (Lipinski definition) is 2. The van der Waals surface area contributed by atoms with Crippen molar-refractivity contribution < 1.29 is 4.39 Å². The molecule has 2 aromatic heterocycles. The molecule has 22 heavy (non-hydrogen) atoms. The smallest absolute Gasteiger partial charge is 0.277 e. The van der Waals surface area contributed by atoms with Gasteiger partial charge in [-0.2, -0.15) is 0 Å². The number of nitrogens with zero attached hydrogens (tertiary/aromatic N) is 2. The summed E-state index contributed by atoms with van der Waals surface area (Å²) in [6, 6.07) is 7.91. The van der Waals surface area contributed by atoms with E-state index in [-0.39, 0.29) is 36.2 Å². The lowest BCUT2D eigenvalue weighted by atomic mass is 10.1. The Balaban J connectivity index is 0.000000882. The van der Waals surface area contributed by atoms with Crippen LogP contribution in [0.1, 0.15) is 11.3 Å². The molecular formula is C14H13Cl2FN4O. The molecule has 1 aromatic carbocycles. The zero-order valence-electron chi connectivity index (χ0n) is 11.3. The van der Waals surface area contributed by atoms with Crippen LogP contribution in [0.5, 0.6) is 0 Å². The summed E-state index contributed by atoms with van der Waals surface area (Å²) in [7, 11) is 0. The van der Waals surface area contributed by atoms with Gasteiger partial charge >= 0.3 is 0 Å². The van der Waals surface area contributed by atoms with Crippen LogP contribution in [-0.2, 0) is 13.1 Å². The lowest BCUT2D eigenvalue weighted by Crippen LogP contribution is -2.20. The van der Waals surface area contributed by atoms with Crippen molar-refractivity contribution in [3.8, 4) is 11.3 Å². The van der Waals surface area contributed by atoms with Crippen molar-refractivity contribution in [3.63, 3.8) is 0 Å². The van der Waals surface area contributed by atoms with Gasteiger partial charge in [-0.3, -0.25) is 9.89 Å². The number of fused-ring (bicyclic) bond motifs is 2. The third-order valence-corrected chi connectivity index (χ3v) is 3.54. The molecule has 0 atom stereocenters. The van der Waals surface area contributed by atoms with Crippen LogP contribution < -0.4 is 10.9 Å².